The molecule has 0 bridgehead atoms. The molecular formula is C13H18F2N2S. The largest absolute Gasteiger partial charge is 0.393 e. The molecule has 5 heteroatoms. The average molecular weight is 272 g/mol. The predicted molar refractivity (Wildman–Crippen MR) is 73.8 cm³/mol. The third-order valence-electron chi connectivity index (χ3n) is 2.89. The highest BCUT2D eigenvalue weighted by Gasteiger charge is 2.33. The summed E-state index contributed by atoms with van der Waals surface area (Å²) >= 11 is 4.79. The van der Waals surface area contributed by atoms with E-state index in [1.165, 1.54) is 12.1 Å². The molecule has 1 rings (SSSR count). The Morgan fingerprint density at radius 2 is 1.94 bits per heavy atom. The molecule has 100 valence electrons. The summed E-state index contributed by atoms with van der Waals surface area (Å²) in [5.74, 6) is -2.87. The molecule has 0 aliphatic rings. The summed E-state index contributed by atoms with van der Waals surface area (Å²) in [5, 5.41) is 0. The third kappa shape index (κ3) is 4.31. The lowest BCUT2D eigenvalue weighted by atomic mass is 10.1. The van der Waals surface area contributed by atoms with E-state index in [4.69, 9.17) is 18.0 Å². The molecule has 2 N–H and O–H groups in total. The van der Waals surface area contributed by atoms with Crippen molar-refractivity contribution < 1.29 is 8.78 Å². The lowest BCUT2D eigenvalue weighted by Crippen LogP contribution is -2.39. The molecule has 0 aliphatic carbocycles. The minimum Gasteiger partial charge on any atom is -0.393 e. The van der Waals surface area contributed by atoms with E-state index in [2.05, 4.69) is 0 Å². The van der Waals surface area contributed by atoms with Gasteiger partial charge in [0.15, 0.2) is 0 Å². The zero-order valence-electron chi connectivity index (χ0n) is 10.6. The van der Waals surface area contributed by atoms with Crippen LogP contribution < -0.4 is 5.73 Å². The van der Waals surface area contributed by atoms with Crippen LogP contribution in [-0.4, -0.2) is 29.5 Å². The van der Waals surface area contributed by atoms with Gasteiger partial charge < -0.3 is 5.73 Å². The number of thiocarbonyl (C=S) groups is 1. The molecule has 1 atom stereocenters. The van der Waals surface area contributed by atoms with Crippen molar-refractivity contribution >= 4 is 17.2 Å². The number of hydrogen-bond acceptors (Lipinski definition) is 2. The van der Waals surface area contributed by atoms with Crippen LogP contribution in [0.3, 0.4) is 0 Å². The van der Waals surface area contributed by atoms with E-state index in [-0.39, 0.29) is 18.2 Å². The normalized spacial score (nSPS) is 13.6. The van der Waals surface area contributed by atoms with Crippen LogP contribution in [0.25, 0.3) is 0 Å². The van der Waals surface area contributed by atoms with Crippen LogP contribution in [0.15, 0.2) is 30.3 Å². The Balaban J connectivity index is 2.68. The summed E-state index contributed by atoms with van der Waals surface area (Å²) in [5.41, 5.74) is 5.45. The van der Waals surface area contributed by atoms with Gasteiger partial charge in [0.1, 0.15) is 0 Å². The molecule has 0 saturated carbocycles. The number of nitrogens with two attached hydrogens (primary N) is 1. The quantitative estimate of drug-likeness (QED) is 0.807. The predicted octanol–water partition coefficient (Wildman–Crippen LogP) is 2.77. The first-order valence-electron chi connectivity index (χ1n) is 5.75. The second kappa shape index (κ2) is 6.20. The van der Waals surface area contributed by atoms with Crippen molar-refractivity contribution in [2.24, 2.45) is 5.73 Å². The van der Waals surface area contributed by atoms with Gasteiger partial charge in [-0.25, -0.2) is 0 Å². The van der Waals surface area contributed by atoms with Gasteiger partial charge in [0.05, 0.1) is 11.5 Å². The second-order valence-corrected chi connectivity index (χ2v) is 5.03. The first kappa shape index (κ1) is 15.0. The first-order chi connectivity index (χ1) is 8.33. The van der Waals surface area contributed by atoms with Crippen molar-refractivity contribution in [3.63, 3.8) is 0 Å². The maximum atomic E-state index is 14.0. The molecule has 0 saturated heterocycles. The van der Waals surface area contributed by atoms with Crippen molar-refractivity contribution in [3.05, 3.63) is 35.9 Å². The molecule has 2 nitrogen and oxygen atoms in total. The van der Waals surface area contributed by atoms with Gasteiger partial charge in [0, 0.05) is 18.0 Å². The number of nitrogens with zero attached hydrogens (tertiary/aromatic N) is 1. The van der Waals surface area contributed by atoms with Gasteiger partial charge in [0.25, 0.3) is 5.92 Å². The van der Waals surface area contributed by atoms with Gasteiger partial charge in [-0.3, -0.25) is 4.90 Å². The fraction of sp³-hybridized carbons (Fsp3) is 0.462. The molecule has 18 heavy (non-hydrogen) atoms. The van der Waals surface area contributed by atoms with Crippen molar-refractivity contribution in [3.8, 4) is 0 Å². The van der Waals surface area contributed by atoms with E-state index >= 15 is 0 Å². The molecule has 0 aliphatic heterocycles. The van der Waals surface area contributed by atoms with Gasteiger partial charge in [-0.2, -0.15) is 8.78 Å². The summed E-state index contributed by atoms with van der Waals surface area (Å²) in [6, 6.07) is 7.72. The number of benzene rings is 1. The zero-order chi connectivity index (χ0) is 13.8. The summed E-state index contributed by atoms with van der Waals surface area (Å²) in [7, 11) is 1.65. The van der Waals surface area contributed by atoms with Gasteiger partial charge in [-0.1, -0.05) is 42.5 Å². The van der Waals surface area contributed by atoms with Gasteiger partial charge in [-0.15, -0.1) is 0 Å². The molecule has 1 aromatic rings. The maximum Gasteiger partial charge on any atom is 0.285 e. The highest BCUT2D eigenvalue weighted by atomic mass is 32.1. The van der Waals surface area contributed by atoms with Crippen molar-refractivity contribution in [1.82, 2.24) is 4.90 Å². The topological polar surface area (TPSA) is 29.3 Å². The van der Waals surface area contributed by atoms with Crippen molar-refractivity contribution in [2.75, 3.05) is 13.6 Å². The van der Waals surface area contributed by atoms with Crippen LogP contribution in [0.5, 0.6) is 0 Å². The molecule has 1 aromatic carbocycles. The van der Waals surface area contributed by atoms with E-state index in [1.807, 2.05) is 6.92 Å². The molecule has 0 spiro atoms. The Morgan fingerprint density at radius 1 is 1.39 bits per heavy atom. The molecule has 1 unspecified atom stereocenters. The van der Waals surface area contributed by atoms with Gasteiger partial charge in [-0.05, 0) is 14.0 Å². The van der Waals surface area contributed by atoms with Crippen molar-refractivity contribution in [2.45, 2.75) is 25.3 Å². The molecule has 0 amide bonds. The van der Waals surface area contributed by atoms with E-state index in [1.54, 1.807) is 30.1 Å². The number of likely N-dealkylation sites (N-methyl/N-ethyl adjacent to an activating group) is 1. The van der Waals surface area contributed by atoms with Crippen LogP contribution in [0.1, 0.15) is 18.9 Å². The highest BCUT2D eigenvalue weighted by Crippen LogP contribution is 2.29. The molecule has 0 fully saturated rings. The minimum atomic E-state index is -2.87. The molecule has 0 heterocycles. The fourth-order valence-corrected chi connectivity index (χ4v) is 1.93. The van der Waals surface area contributed by atoms with E-state index in [0.717, 1.165) is 0 Å². The van der Waals surface area contributed by atoms with Crippen LogP contribution in [0.4, 0.5) is 8.78 Å². The van der Waals surface area contributed by atoms with E-state index < -0.39 is 5.92 Å². The highest BCUT2D eigenvalue weighted by molar-refractivity contribution is 7.80. The molecule has 0 radical (unpaired) electrons. The lowest BCUT2D eigenvalue weighted by molar-refractivity contribution is -0.0390. The fourth-order valence-electron chi connectivity index (χ4n) is 1.69. The summed E-state index contributed by atoms with van der Waals surface area (Å²) < 4.78 is 28.0. The molecular weight excluding hydrogens is 254 g/mol. The van der Waals surface area contributed by atoms with Gasteiger partial charge >= 0.3 is 0 Å². The van der Waals surface area contributed by atoms with Crippen LogP contribution in [0, 0.1) is 0 Å². The third-order valence-corrected chi connectivity index (χ3v) is 3.06. The minimum absolute atomic E-state index is 0.0272. The smallest absolute Gasteiger partial charge is 0.285 e. The summed E-state index contributed by atoms with van der Waals surface area (Å²) in [6.45, 7) is 1.49. The second-order valence-electron chi connectivity index (χ2n) is 4.51. The average Bonchev–Trinajstić information content (AvgIpc) is 2.28. The van der Waals surface area contributed by atoms with E-state index in [9.17, 15) is 8.78 Å². The van der Waals surface area contributed by atoms with Gasteiger partial charge in [0.2, 0.25) is 0 Å². The Kier molecular flexibility index (Phi) is 5.16. The maximum absolute atomic E-state index is 14.0. The summed E-state index contributed by atoms with van der Waals surface area (Å²) in [6.07, 6.45) is 0.441. The Labute approximate surface area is 112 Å². The van der Waals surface area contributed by atoms with Crippen LogP contribution in [0.2, 0.25) is 0 Å². The standard InChI is InChI=1S/C13H18F2N2S/c1-10(8-12(16)18)17(2)9-13(14,15)11-6-4-3-5-7-11/h3-7,10H,8-9H2,1-2H3,(H2,16,18). The molecule has 0 aromatic heterocycles. The number of halogens is 2. The van der Waals surface area contributed by atoms with Crippen molar-refractivity contribution in [1.29, 1.82) is 0 Å². The zero-order valence-corrected chi connectivity index (χ0v) is 11.4. The summed E-state index contributed by atoms with van der Waals surface area (Å²) in [4.78, 5) is 1.92. The van der Waals surface area contributed by atoms with Crippen LogP contribution in [-0.2, 0) is 5.92 Å². The number of alkyl halides is 2. The number of hydrogen-bond donors (Lipinski definition) is 1. The Bertz CT molecular complexity index is 395. The first-order valence-corrected chi connectivity index (χ1v) is 6.15. The Morgan fingerprint density at radius 3 is 2.44 bits per heavy atom. The number of rotatable bonds is 6. The Hall–Kier alpha value is -1.07. The SMILES string of the molecule is CC(CC(N)=S)N(C)CC(F)(F)c1ccccc1. The monoisotopic (exact) mass is 272 g/mol. The van der Waals surface area contributed by atoms with Crippen LogP contribution >= 0.6 is 12.2 Å². The van der Waals surface area contributed by atoms with E-state index in [0.29, 0.717) is 11.4 Å². The lowest BCUT2D eigenvalue weighted by Gasteiger charge is -2.28.